The number of aromatic amines is 1. The fourth-order valence-corrected chi connectivity index (χ4v) is 2.33. The molecular weight excluding hydrogens is 332 g/mol. The van der Waals surface area contributed by atoms with Crippen molar-refractivity contribution in [1.82, 2.24) is 20.2 Å². The van der Waals surface area contributed by atoms with Gasteiger partial charge in [0, 0.05) is 5.57 Å². The highest BCUT2D eigenvalue weighted by Gasteiger charge is 2.12. The zero-order valence-corrected chi connectivity index (χ0v) is 16.4. The summed E-state index contributed by atoms with van der Waals surface area (Å²) in [6.07, 6.45) is 12.1. The van der Waals surface area contributed by atoms with Gasteiger partial charge in [0.05, 0.1) is 6.20 Å². The summed E-state index contributed by atoms with van der Waals surface area (Å²) >= 11 is 1.39. The molecule has 0 aromatic carbocycles. The highest BCUT2D eigenvalue weighted by Crippen LogP contribution is 2.23. The molecule has 0 spiro atoms. The van der Waals surface area contributed by atoms with Gasteiger partial charge in [-0.1, -0.05) is 71.2 Å². The average Bonchev–Trinajstić information content (AvgIpc) is 2.67. The van der Waals surface area contributed by atoms with E-state index >= 15 is 0 Å². The molecule has 1 N–H and O–H groups in total. The van der Waals surface area contributed by atoms with E-state index in [1.165, 1.54) is 18.0 Å². The number of nitrogens with zero attached hydrogens (tertiary/aromatic N) is 3. The summed E-state index contributed by atoms with van der Waals surface area (Å²) in [6.45, 7) is 15.3. The minimum Gasteiger partial charge on any atom is -0.267 e. The van der Waals surface area contributed by atoms with Gasteiger partial charge in [0.2, 0.25) is 0 Å². The Morgan fingerprint density at radius 3 is 2.40 bits per heavy atom. The summed E-state index contributed by atoms with van der Waals surface area (Å²) < 4.78 is 0. The topological polar surface area (TPSA) is 71.5 Å². The van der Waals surface area contributed by atoms with Gasteiger partial charge in [-0.25, -0.2) is 15.1 Å². The molecule has 0 saturated heterocycles. The number of allylic oxidation sites excluding steroid dienone is 6. The zero-order chi connectivity index (χ0) is 19.2. The number of H-pyrrole nitrogens is 1. The molecule has 0 fully saturated rings. The van der Waals surface area contributed by atoms with Gasteiger partial charge < -0.3 is 0 Å². The molecule has 0 bridgehead atoms. The van der Waals surface area contributed by atoms with E-state index in [1.807, 2.05) is 40.0 Å². The number of hydrogen-bond donors (Lipinski definition) is 1. The van der Waals surface area contributed by atoms with E-state index in [9.17, 15) is 4.79 Å². The minimum atomic E-state index is -0.292. The smallest absolute Gasteiger partial charge is 0.267 e. The first-order valence-electron chi connectivity index (χ1n) is 8.13. The van der Waals surface area contributed by atoms with Crippen LogP contribution in [0.2, 0.25) is 0 Å². The summed E-state index contributed by atoms with van der Waals surface area (Å²) in [5.41, 5.74) is 0.997. The molecule has 134 valence electrons. The SMILES string of the molecule is C=C/C=C\C(=C/C=C)c1nc(SC)c2c(=O)[nH]ncc2n1.CC.CC. The quantitative estimate of drug-likeness (QED) is 0.472. The molecule has 6 heteroatoms. The normalized spacial score (nSPS) is 10.5. The highest BCUT2D eigenvalue weighted by atomic mass is 32.2. The van der Waals surface area contributed by atoms with E-state index in [4.69, 9.17) is 0 Å². The number of thioether (sulfide) groups is 1. The maximum Gasteiger partial charge on any atom is 0.276 e. The molecule has 25 heavy (non-hydrogen) atoms. The largest absolute Gasteiger partial charge is 0.276 e. The molecule has 0 atom stereocenters. The van der Waals surface area contributed by atoms with Crippen LogP contribution < -0.4 is 5.56 Å². The first kappa shape index (κ1) is 22.5. The lowest BCUT2D eigenvalue weighted by Crippen LogP contribution is -2.11. The molecule has 2 aromatic heterocycles. The highest BCUT2D eigenvalue weighted by molar-refractivity contribution is 7.98. The number of rotatable bonds is 5. The zero-order valence-electron chi connectivity index (χ0n) is 15.5. The molecule has 0 aliphatic carbocycles. The Balaban J connectivity index is 0.00000134. The number of aromatic nitrogens is 4. The van der Waals surface area contributed by atoms with E-state index in [-0.39, 0.29) is 5.56 Å². The molecule has 0 saturated carbocycles. The van der Waals surface area contributed by atoms with Crippen LogP contribution in [0.4, 0.5) is 0 Å². The van der Waals surface area contributed by atoms with Crippen molar-refractivity contribution in [3.63, 3.8) is 0 Å². The summed E-state index contributed by atoms with van der Waals surface area (Å²) in [4.78, 5) is 20.7. The lowest BCUT2D eigenvalue weighted by atomic mass is 10.2. The second kappa shape index (κ2) is 12.9. The van der Waals surface area contributed by atoms with Crippen LogP contribution in [0.15, 0.2) is 59.6 Å². The van der Waals surface area contributed by atoms with E-state index < -0.39 is 0 Å². The van der Waals surface area contributed by atoms with Gasteiger partial charge in [-0.3, -0.25) is 4.79 Å². The van der Waals surface area contributed by atoms with Crippen LogP contribution in [0.25, 0.3) is 16.5 Å². The standard InChI is InChI=1S/C15H14N4OS.2C2H6/c1-4-6-8-10(7-5-2)13-17-11-9-16-19-14(20)12(11)15(18-13)21-3;2*1-2/h4-9H,1-2H2,3H3,(H,19,20);2*1-2H3/b8-6-,10-7+;;. The first-order chi connectivity index (χ1) is 12.2. The van der Waals surface area contributed by atoms with Gasteiger partial charge in [-0.05, 0) is 6.26 Å². The number of fused-ring (bicyclic) bond motifs is 1. The molecule has 2 rings (SSSR count). The van der Waals surface area contributed by atoms with Gasteiger partial charge in [0.25, 0.3) is 5.56 Å². The predicted octanol–water partition coefficient (Wildman–Crippen LogP) is 4.80. The first-order valence-corrected chi connectivity index (χ1v) is 9.35. The van der Waals surface area contributed by atoms with Gasteiger partial charge in [0.1, 0.15) is 15.9 Å². The summed E-state index contributed by atoms with van der Waals surface area (Å²) in [5, 5.41) is 7.25. The van der Waals surface area contributed by atoms with E-state index in [0.717, 1.165) is 5.57 Å². The average molecular weight is 359 g/mol. The Kier molecular flexibility index (Phi) is 11.6. The van der Waals surface area contributed by atoms with Gasteiger partial charge in [-0.15, -0.1) is 11.8 Å². The van der Waals surface area contributed by atoms with E-state index in [0.29, 0.717) is 21.8 Å². The Morgan fingerprint density at radius 2 is 1.84 bits per heavy atom. The van der Waals surface area contributed by atoms with Gasteiger partial charge in [0.15, 0.2) is 5.82 Å². The van der Waals surface area contributed by atoms with Crippen molar-refractivity contribution < 1.29 is 0 Å². The van der Waals surface area contributed by atoms with E-state index in [1.54, 1.807) is 24.3 Å². The lowest BCUT2D eigenvalue weighted by molar-refractivity contribution is 0.974. The van der Waals surface area contributed by atoms with Crippen molar-refractivity contribution in [2.24, 2.45) is 0 Å². The van der Waals surface area contributed by atoms with Gasteiger partial charge in [-0.2, -0.15) is 5.10 Å². The Labute approximate surface area is 153 Å². The fourth-order valence-electron chi connectivity index (χ4n) is 1.75. The maximum absolute atomic E-state index is 11.9. The van der Waals surface area contributed by atoms with Crippen LogP contribution in [0.1, 0.15) is 33.5 Å². The summed E-state index contributed by atoms with van der Waals surface area (Å²) in [7, 11) is 0. The van der Waals surface area contributed by atoms with E-state index in [2.05, 4.69) is 33.3 Å². The third-order valence-corrected chi connectivity index (χ3v) is 3.33. The van der Waals surface area contributed by atoms with Crippen molar-refractivity contribution in [2.75, 3.05) is 6.26 Å². The fraction of sp³-hybridized carbons (Fsp3) is 0.263. The molecule has 0 amide bonds. The van der Waals surface area contributed by atoms with Crippen LogP contribution in [0, 0.1) is 0 Å². The summed E-state index contributed by atoms with van der Waals surface area (Å²) in [6, 6.07) is 0. The third kappa shape index (κ3) is 6.15. The molecular formula is C19H26N4OS. The minimum absolute atomic E-state index is 0.292. The molecule has 5 nitrogen and oxygen atoms in total. The monoisotopic (exact) mass is 358 g/mol. The van der Waals surface area contributed by atoms with Crippen molar-refractivity contribution in [3.05, 3.63) is 65.9 Å². The van der Waals surface area contributed by atoms with Crippen molar-refractivity contribution in [2.45, 2.75) is 32.7 Å². The predicted molar refractivity (Wildman–Crippen MR) is 110 cm³/mol. The molecule has 0 radical (unpaired) electrons. The second-order valence-electron chi connectivity index (χ2n) is 3.97. The molecule has 2 aromatic rings. The Hall–Kier alpha value is -2.47. The summed E-state index contributed by atoms with van der Waals surface area (Å²) in [5.74, 6) is 0.511. The Morgan fingerprint density at radius 1 is 1.16 bits per heavy atom. The van der Waals surface area contributed by atoms with Crippen LogP contribution in [0.5, 0.6) is 0 Å². The van der Waals surface area contributed by atoms with Crippen LogP contribution in [-0.2, 0) is 0 Å². The number of hydrogen-bond acceptors (Lipinski definition) is 5. The second-order valence-corrected chi connectivity index (χ2v) is 4.76. The molecule has 0 aliphatic rings. The molecule has 0 aliphatic heterocycles. The molecule has 0 unspecified atom stereocenters. The van der Waals surface area contributed by atoms with Crippen molar-refractivity contribution in [1.29, 1.82) is 0 Å². The van der Waals surface area contributed by atoms with Crippen molar-refractivity contribution in [3.8, 4) is 0 Å². The van der Waals surface area contributed by atoms with Crippen LogP contribution in [0.3, 0.4) is 0 Å². The van der Waals surface area contributed by atoms with Crippen LogP contribution in [-0.4, -0.2) is 26.4 Å². The van der Waals surface area contributed by atoms with Crippen molar-refractivity contribution >= 4 is 28.2 Å². The molecule has 2 heterocycles. The Bertz CT molecular complexity index is 807. The lowest BCUT2D eigenvalue weighted by Gasteiger charge is -2.06. The number of nitrogens with one attached hydrogen (secondary N) is 1. The van der Waals surface area contributed by atoms with Gasteiger partial charge >= 0.3 is 0 Å². The third-order valence-electron chi connectivity index (χ3n) is 2.64. The van der Waals surface area contributed by atoms with Crippen LogP contribution >= 0.6 is 11.8 Å². The maximum atomic E-state index is 11.9.